The fraction of sp³-hybridized carbons (Fsp3) is 0.952. The number of aliphatic hydroxyl groups excluding tert-OH is 2. The van der Waals surface area contributed by atoms with Crippen LogP contribution in [0, 0.1) is 0 Å². The first-order valence-corrected chi connectivity index (χ1v) is 41.5. The third-order valence-electron chi connectivity index (χ3n) is 19.8. The van der Waals surface area contributed by atoms with Gasteiger partial charge in [0.1, 0.15) is 0 Å². The first kappa shape index (κ1) is 87.6. The summed E-state index contributed by atoms with van der Waals surface area (Å²) in [6.07, 6.45) is 101. The topological polar surface area (TPSA) is 95.9 Å². The fourth-order valence-electron chi connectivity index (χ4n) is 13.5. The number of unbranched alkanes of at least 4 members (excludes halogenated alkanes) is 68. The van der Waals surface area contributed by atoms with Crippen molar-refractivity contribution in [1.29, 1.82) is 0 Å². The average molecular weight is 1260 g/mol. The predicted molar refractivity (Wildman–Crippen MR) is 394 cm³/mol. The van der Waals surface area contributed by atoms with E-state index < -0.39 is 12.1 Å². The molecule has 0 spiro atoms. The minimum atomic E-state index is -0.841. The van der Waals surface area contributed by atoms with Crippen molar-refractivity contribution in [1.82, 2.24) is 5.32 Å². The van der Waals surface area contributed by atoms with E-state index in [0.717, 1.165) is 38.5 Å². The van der Waals surface area contributed by atoms with Crippen LogP contribution in [0.1, 0.15) is 483 Å². The lowest BCUT2D eigenvalue weighted by Gasteiger charge is -2.20. The number of carbonyl (C=O) groups excluding carboxylic acids is 2. The lowest BCUT2D eigenvalue weighted by molar-refractivity contribution is -0.143. The third-order valence-corrected chi connectivity index (χ3v) is 19.8. The molecule has 0 aromatic carbocycles. The second-order valence-corrected chi connectivity index (χ2v) is 28.8. The van der Waals surface area contributed by atoms with Crippen molar-refractivity contribution in [2.45, 2.75) is 495 Å². The Morgan fingerprint density at radius 2 is 0.517 bits per heavy atom. The van der Waals surface area contributed by atoms with Crippen molar-refractivity contribution in [2.75, 3.05) is 13.2 Å². The molecule has 89 heavy (non-hydrogen) atoms. The predicted octanol–water partition coefficient (Wildman–Crippen LogP) is 27.4. The van der Waals surface area contributed by atoms with E-state index in [0.29, 0.717) is 19.4 Å². The Hall–Kier alpha value is -1.40. The smallest absolute Gasteiger partial charge is 0.305 e. The van der Waals surface area contributed by atoms with Crippen LogP contribution in [0.25, 0.3) is 0 Å². The summed E-state index contributed by atoms with van der Waals surface area (Å²) in [4.78, 5) is 24.7. The molecule has 0 aromatic rings. The van der Waals surface area contributed by atoms with Gasteiger partial charge < -0.3 is 20.3 Å². The van der Waals surface area contributed by atoms with Crippen LogP contribution in [-0.4, -0.2) is 47.4 Å². The maximum atomic E-state index is 12.5. The Bertz CT molecular complexity index is 1350. The largest absolute Gasteiger partial charge is 0.466 e. The number of hydrogen-bond donors (Lipinski definition) is 3. The highest BCUT2D eigenvalue weighted by Gasteiger charge is 2.18. The molecule has 0 fully saturated rings. The molecule has 0 aliphatic carbocycles. The Morgan fingerprint density at radius 3 is 0.764 bits per heavy atom. The van der Waals surface area contributed by atoms with Crippen LogP contribution < -0.4 is 5.32 Å². The minimum absolute atomic E-state index is 0.0277. The summed E-state index contributed by atoms with van der Waals surface area (Å²) in [6.45, 7) is 4.97. The minimum Gasteiger partial charge on any atom is -0.466 e. The molecule has 6 nitrogen and oxygen atoms in total. The quantitative estimate of drug-likeness (QED) is 0.0320. The van der Waals surface area contributed by atoms with Gasteiger partial charge in [0.2, 0.25) is 5.91 Å². The molecular formula is C83H163NO5. The number of allylic oxidation sites excluding steroid dienone is 1. The summed E-state index contributed by atoms with van der Waals surface area (Å²) >= 11 is 0. The zero-order valence-corrected chi connectivity index (χ0v) is 61.0. The fourth-order valence-corrected chi connectivity index (χ4v) is 13.5. The van der Waals surface area contributed by atoms with Gasteiger partial charge in [-0.15, -0.1) is 0 Å². The summed E-state index contributed by atoms with van der Waals surface area (Å²) in [7, 11) is 0. The number of amides is 1. The lowest BCUT2D eigenvalue weighted by atomic mass is 10.0. The monoisotopic (exact) mass is 1250 g/mol. The van der Waals surface area contributed by atoms with Gasteiger partial charge in [-0.3, -0.25) is 9.59 Å². The van der Waals surface area contributed by atoms with Crippen LogP contribution in [0.5, 0.6) is 0 Å². The average Bonchev–Trinajstić information content (AvgIpc) is 3.62. The van der Waals surface area contributed by atoms with Crippen LogP contribution in [0.3, 0.4) is 0 Å². The Morgan fingerprint density at radius 1 is 0.303 bits per heavy atom. The molecule has 0 aliphatic rings. The Balaban J connectivity index is 3.31. The van der Waals surface area contributed by atoms with Gasteiger partial charge >= 0.3 is 5.97 Å². The van der Waals surface area contributed by atoms with Crippen LogP contribution in [-0.2, 0) is 14.3 Å². The maximum Gasteiger partial charge on any atom is 0.305 e. The van der Waals surface area contributed by atoms with Gasteiger partial charge in [-0.25, -0.2) is 0 Å². The summed E-state index contributed by atoms with van der Waals surface area (Å²) in [6, 6.07) is -0.624. The molecule has 1 amide bonds. The van der Waals surface area contributed by atoms with Crippen molar-refractivity contribution in [3.8, 4) is 0 Å². The Labute approximate surface area is 559 Å². The van der Waals surface area contributed by atoms with E-state index in [1.807, 2.05) is 6.08 Å². The molecule has 0 rings (SSSR count). The Kier molecular flexibility index (Phi) is 77.8. The van der Waals surface area contributed by atoms with E-state index in [1.165, 1.54) is 417 Å². The molecule has 2 unspecified atom stereocenters. The molecule has 0 saturated carbocycles. The molecular weight excluding hydrogens is 1090 g/mol. The second kappa shape index (κ2) is 79.0. The molecule has 0 heterocycles. The second-order valence-electron chi connectivity index (χ2n) is 28.8. The summed E-state index contributed by atoms with van der Waals surface area (Å²) in [5.74, 6) is -0.0298. The molecule has 3 N–H and O–H groups in total. The van der Waals surface area contributed by atoms with E-state index in [9.17, 15) is 19.8 Å². The van der Waals surface area contributed by atoms with E-state index >= 15 is 0 Å². The van der Waals surface area contributed by atoms with Crippen molar-refractivity contribution < 1.29 is 24.5 Å². The van der Waals surface area contributed by atoms with Crippen LogP contribution in [0.4, 0.5) is 0 Å². The molecule has 0 aliphatic heterocycles. The molecule has 0 radical (unpaired) electrons. The van der Waals surface area contributed by atoms with E-state index in [-0.39, 0.29) is 18.5 Å². The van der Waals surface area contributed by atoms with Crippen LogP contribution >= 0.6 is 0 Å². The van der Waals surface area contributed by atoms with Gasteiger partial charge in [0.15, 0.2) is 0 Å². The SMILES string of the molecule is CCCCCCCCCCCCCCCCCCCC/C=C/C(O)C(CO)NC(=O)CCCCCCCCCCCCCCCCCCCCCCCCCCCCCCCCCCCCCOC(=O)CCCCCCCCCCCCCCCCCCC. The highest BCUT2D eigenvalue weighted by molar-refractivity contribution is 5.76. The van der Waals surface area contributed by atoms with Crippen molar-refractivity contribution in [3.05, 3.63) is 12.2 Å². The molecule has 530 valence electrons. The maximum absolute atomic E-state index is 12.5. The molecule has 0 aromatic heterocycles. The van der Waals surface area contributed by atoms with Gasteiger partial charge in [0.05, 0.1) is 25.4 Å². The van der Waals surface area contributed by atoms with Crippen molar-refractivity contribution in [3.63, 3.8) is 0 Å². The summed E-state index contributed by atoms with van der Waals surface area (Å²) in [5.41, 5.74) is 0. The first-order chi connectivity index (χ1) is 44.0. The summed E-state index contributed by atoms with van der Waals surface area (Å²) in [5, 5.41) is 23.3. The third kappa shape index (κ3) is 75.5. The van der Waals surface area contributed by atoms with Gasteiger partial charge in [-0.2, -0.15) is 0 Å². The van der Waals surface area contributed by atoms with E-state index in [4.69, 9.17) is 4.74 Å². The molecule has 6 heteroatoms. The van der Waals surface area contributed by atoms with Gasteiger partial charge in [-0.05, 0) is 32.1 Å². The van der Waals surface area contributed by atoms with Crippen molar-refractivity contribution >= 4 is 11.9 Å². The van der Waals surface area contributed by atoms with Gasteiger partial charge in [0.25, 0.3) is 0 Å². The zero-order valence-electron chi connectivity index (χ0n) is 61.0. The standard InChI is InChI=1S/C83H163NO5/c1-3-5-7-9-11-13-15-17-19-21-22-40-44-47-51-55-59-63-67-71-75-81(86)80(79-85)84-82(87)76-72-68-64-60-56-52-48-45-41-38-36-34-32-30-28-26-24-23-25-27-29-31-33-35-37-39-42-46-50-54-58-62-66-70-74-78-89-83(88)77-73-69-65-61-57-53-49-43-20-18-16-14-12-10-8-6-4-2/h71,75,80-81,85-86H,3-70,72-74,76-79H2,1-2H3,(H,84,87)/b75-71+. The van der Waals surface area contributed by atoms with Crippen molar-refractivity contribution in [2.24, 2.45) is 0 Å². The number of nitrogens with one attached hydrogen (secondary N) is 1. The lowest BCUT2D eigenvalue weighted by Crippen LogP contribution is -2.45. The van der Waals surface area contributed by atoms with Gasteiger partial charge in [-0.1, -0.05) is 450 Å². The number of hydrogen-bond acceptors (Lipinski definition) is 5. The number of aliphatic hydroxyl groups is 2. The van der Waals surface area contributed by atoms with E-state index in [2.05, 4.69) is 19.2 Å². The van der Waals surface area contributed by atoms with Gasteiger partial charge in [0, 0.05) is 12.8 Å². The molecule has 0 bridgehead atoms. The highest BCUT2D eigenvalue weighted by atomic mass is 16.5. The number of esters is 1. The number of carbonyl (C=O) groups is 2. The molecule has 0 saturated heterocycles. The number of rotatable bonds is 79. The van der Waals surface area contributed by atoms with Crippen LogP contribution in [0.15, 0.2) is 12.2 Å². The van der Waals surface area contributed by atoms with E-state index in [1.54, 1.807) is 6.08 Å². The summed E-state index contributed by atoms with van der Waals surface area (Å²) < 4.78 is 5.52. The normalized spacial score (nSPS) is 12.4. The highest BCUT2D eigenvalue weighted by Crippen LogP contribution is 2.21. The molecule has 2 atom stereocenters. The zero-order chi connectivity index (χ0) is 64.2. The first-order valence-electron chi connectivity index (χ1n) is 41.5. The van der Waals surface area contributed by atoms with Crippen LogP contribution in [0.2, 0.25) is 0 Å². The number of ether oxygens (including phenoxy) is 1.